The molecule has 4 rings (SSSR count). The average molecular weight is 630 g/mol. The Labute approximate surface area is 250 Å². The molecular formula is C28H34Cl2N2O8S. The Morgan fingerprint density at radius 1 is 1.02 bits per heavy atom. The highest BCUT2D eigenvalue weighted by molar-refractivity contribution is 7.89. The molecule has 2 aliphatic rings. The van der Waals surface area contributed by atoms with Crippen molar-refractivity contribution in [2.75, 3.05) is 26.9 Å². The number of sulfonamides is 1. The second-order valence-electron chi connectivity index (χ2n) is 10.0. The van der Waals surface area contributed by atoms with E-state index in [1.165, 1.54) is 37.4 Å². The molecule has 4 atom stereocenters. The SMILES string of the molecule is CCOC(=O)CNC(C(=O)OCC)c1cc(Cl)c(Oc2ccc(OC)c(S(=O)(=O)NC3CC4CCC3C4)c2)c(Cl)c1. The van der Waals surface area contributed by atoms with Crippen molar-refractivity contribution in [2.24, 2.45) is 11.8 Å². The van der Waals surface area contributed by atoms with Gasteiger partial charge in [0, 0.05) is 12.1 Å². The van der Waals surface area contributed by atoms with Crippen LogP contribution < -0.4 is 19.5 Å². The number of ether oxygens (including phenoxy) is 4. The van der Waals surface area contributed by atoms with Crippen molar-refractivity contribution in [1.82, 2.24) is 10.0 Å². The standard InChI is InChI=1S/C28H34Cl2N2O8S/c1-4-38-25(33)15-31-26(28(34)39-5-2)18-12-20(29)27(21(30)13-18)40-19-8-9-23(37-3)24(14-19)41(35,36)32-22-11-16-6-7-17(22)10-16/h8-9,12-14,16-17,22,26,31-32H,4-7,10-11,15H2,1-3H3. The Kier molecular flexibility index (Phi) is 10.4. The van der Waals surface area contributed by atoms with Crippen LogP contribution in [0.15, 0.2) is 35.2 Å². The van der Waals surface area contributed by atoms with Gasteiger partial charge in [0.1, 0.15) is 22.4 Å². The van der Waals surface area contributed by atoms with Crippen LogP contribution in [0.5, 0.6) is 17.2 Å². The van der Waals surface area contributed by atoms with E-state index >= 15 is 0 Å². The van der Waals surface area contributed by atoms with Crippen LogP contribution >= 0.6 is 23.2 Å². The van der Waals surface area contributed by atoms with E-state index in [0.717, 1.165) is 25.7 Å². The zero-order valence-electron chi connectivity index (χ0n) is 23.1. The van der Waals surface area contributed by atoms with E-state index in [-0.39, 0.29) is 58.0 Å². The van der Waals surface area contributed by atoms with Crippen LogP contribution in [0.4, 0.5) is 0 Å². The van der Waals surface area contributed by atoms with Crippen LogP contribution in [0.1, 0.15) is 51.1 Å². The number of carbonyl (C=O) groups is 2. The first-order valence-corrected chi connectivity index (χ1v) is 15.7. The normalized spacial score (nSPS) is 20.5. The first-order valence-electron chi connectivity index (χ1n) is 13.5. The van der Waals surface area contributed by atoms with Crippen LogP contribution in [0.3, 0.4) is 0 Å². The van der Waals surface area contributed by atoms with E-state index in [1.807, 2.05) is 0 Å². The van der Waals surface area contributed by atoms with Crippen LogP contribution in [-0.4, -0.2) is 53.3 Å². The summed E-state index contributed by atoms with van der Waals surface area (Å²) in [5.74, 6) is 0.134. The summed E-state index contributed by atoms with van der Waals surface area (Å²) in [5.41, 5.74) is 0.336. The number of hydrogen-bond acceptors (Lipinski definition) is 9. The van der Waals surface area contributed by atoms with Gasteiger partial charge in [0.15, 0.2) is 5.75 Å². The third-order valence-corrected chi connectivity index (χ3v) is 9.39. The molecule has 41 heavy (non-hydrogen) atoms. The Balaban J connectivity index is 1.57. The highest BCUT2D eigenvalue weighted by Gasteiger charge is 2.41. The monoisotopic (exact) mass is 628 g/mol. The molecule has 2 aromatic carbocycles. The molecule has 0 aromatic heterocycles. The van der Waals surface area contributed by atoms with Crippen LogP contribution in [0.2, 0.25) is 10.0 Å². The summed E-state index contributed by atoms with van der Waals surface area (Å²) in [6.45, 7) is 3.41. The Morgan fingerprint density at radius 3 is 2.32 bits per heavy atom. The summed E-state index contributed by atoms with van der Waals surface area (Å²) < 4.78 is 51.0. The largest absolute Gasteiger partial charge is 0.495 e. The highest BCUT2D eigenvalue weighted by Crippen LogP contribution is 2.45. The number of esters is 2. The number of benzene rings is 2. The maximum Gasteiger partial charge on any atom is 0.327 e. The predicted molar refractivity (Wildman–Crippen MR) is 153 cm³/mol. The summed E-state index contributed by atoms with van der Waals surface area (Å²) in [5, 5.41) is 2.92. The summed E-state index contributed by atoms with van der Waals surface area (Å²) in [4.78, 5) is 24.4. The molecule has 2 aliphatic carbocycles. The van der Waals surface area contributed by atoms with E-state index in [0.29, 0.717) is 17.4 Å². The Morgan fingerprint density at radius 2 is 1.73 bits per heavy atom. The topological polar surface area (TPSA) is 129 Å². The number of methoxy groups -OCH3 is 1. The summed E-state index contributed by atoms with van der Waals surface area (Å²) in [6, 6.07) is 6.15. The number of carbonyl (C=O) groups excluding carboxylic acids is 2. The van der Waals surface area contributed by atoms with E-state index in [2.05, 4.69) is 10.0 Å². The fraction of sp³-hybridized carbons (Fsp3) is 0.500. The van der Waals surface area contributed by atoms with Gasteiger partial charge in [0.2, 0.25) is 10.0 Å². The molecule has 2 N–H and O–H groups in total. The van der Waals surface area contributed by atoms with Crippen LogP contribution in [0.25, 0.3) is 0 Å². The number of nitrogens with one attached hydrogen (secondary N) is 2. The van der Waals surface area contributed by atoms with Crippen molar-refractivity contribution >= 4 is 45.2 Å². The molecular weight excluding hydrogens is 595 g/mol. The zero-order valence-corrected chi connectivity index (χ0v) is 25.4. The fourth-order valence-electron chi connectivity index (χ4n) is 5.50. The summed E-state index contributed by atoms with van der Waals surface area (Å²) in [7, 11) is -2.52. The lowest BCUT2D eigenvalue weighted by molar-refractivity contribution is -0.146. The van der Waals surface area contributed by atoms with Crippen molar-refractivity contribution < 1.29 is 37.0 Å². The van der Waals surface area contributed by atoms with Gasteiger partial charge in [0.05, 0.1) is 36.9 Å². The third-order valence-electron chi connectivity index (χ3n) is 7.32. The Bertz CT molecular complexity index is 1360. The maximum atomic E-state index is 13.4. The minimum absolute atomic E-state index is 0.0552. The van der Waals surface area contributed by atoms with Gasteiger partial charge in [-0.05, 0) is 74.8 Å². The highest BCUT2D eigenvalue weighted by atomic mass is 35.5. The molecule has 0 amide bonds. The molecule has 13 heteroatoms. The molecule has 224 valence electrons. The van der Waals surface area contributed by atoms with E-state index in [1.54, 1.807) is 13.8 Å². The van der Waals surface area contributed by atoms with Gasteiger partial charge in [-0.25, -0.2) is 17.9 Å². The number of rotatable bonds is 13. The molecule has 2 fully saturated rings. The number of hydrogen-bond donors (Lipinski definition) is 2. The van der Waals surface area contributed by atoms with Crippen LogP contribution in [-0.2, 0) is 29.1 Å². The number of fused-ring (bicyclic) bond motifs is 2. The third kappa shape index (κ3) is 7.45. The zero-order chi connectivity index (χ0) is 29.7. The lowest BCUT2D eigenvalue weighted by Crippen LogP contribution is -2.38. The molecule has 2 saturated carbocycles. The van der Waals surface area contributed by atoms with Crippen molar-refractivity contribution in [1.29, 1.82) is 0 Å². The second kappa shape index (κ2) is 13.6. The van der Waals surface area contributed by atoms with Gasteiger partial charge in [-0.15, -0.1) is 0 Å². The first-order chi connectivity index (χ1) is 19.6. The minimum atomic E-state index is -3.91. The van der Waals surface area contributed by atoms with Gasteiger partial charge in [-0.2, -0.15) is 0 Å². The molecule has 0 heterocycles. The smallest absolute Gasteiger partial charge is 0.327 e. The molecule has 0 saturated heterocycles. The van der Waals surface area contributed by atoms with Gasteiger partial charge >= 0.3 is 11.9 Å². The van der Waals surface area contributed by atoms with Crippen LogP contribution in [0, 0.1) is 11.8 Å². The van der Waals surface area contributed by atoms with Gasteiger partial charge in [-0.3, -0.25) is 10.1 Å². The first kappa shape index (κ1) is 31.4. The summed E-state index contributed by atoms with van der Waals surface area (Å²) >= 11 is 13.0. The summed E-state index contributed by atoms with van der Waals surface area (Å²) in [6.07, 6.45) is 4.07. The lowest BCUT2D eigenvalue weighted by atomic mass is 9.96. The van der Waals surface area contributed by atoms with Gasteiger partial charge < -0.3 is 18.9 Å². The molecule has 4 unspecified atom stereocenters. The van der Waals surface area contributed by atoms with Crippen molar-refractivity contribution in [3.8, 4) is 17.2 Å². The predicted octanol–water partition coefficient (Wildman–Crippen LogP) is 5.02. The molecule has 2 bridgehead atoms. The fourth-order valence-corrected chi connectivity index (χ4v) is 7.59. The van der Waals surface area contributed by atoms with Gasteiger partial charge in [0.25, 0.3) is 0 Å². The quantitative estimate of drug-likeness (QED) is 0.294. The minimum Gasteiger partial charge on any atom is -0.495 e. The van der Waals surface area contributed by atoms with E-state index in [9.17, 15) is 18.0 Å². The molecule has 0 radical (unpaired) electrons. The molecule has 0 aliphatic heterocycles. The molecule has 10 nitrogen and oxygen atoms in total. The van der Waals surface area contributed by atoms with Crippen molar-refractivity contribution in [2.45, 2.75) is 56.5 Å². The maximum absolute atomic E-state index is 13.4. The van der Waals surface area contributed by atoms with Crippen molar-refractivity contribution in [3.63, 3.8) is 0 Å². The molecule has 0 spiro atoms. The second-order valence-corrected chi connectivity index (χ2v) is 12.5. The van der Waals surface area contributed by atoms with Gasteiger partial charge in [-0.1, -0.05) is 29.6 Å². The van der Waals surface area contributed by atoms with Crippen molar-refractivity contribution in [3.05, 3.63) is 45.9 Å². The average Bonchev–Trinajstić information content (AvgIpc) is 3.54. The Hall–Kier alpha value is -2.57. The lowest BCUT2D eigenvalue weighted by Gasteiger charge is -2.23. The number of halogens is 2. The van der Waals surface area contributed by atoms with E-state index in [4.69, 9.17) is 42.1 Å². The van der Waals surface area contributed by atoms with E-state index < -0.39 is 28.0 Å². The molecule has 2 aromatic rings.